The molecule has 0 fully saturated rings. The minimum atomic E-state index is -0.300. The molecule has 0 heterocycles. The van der Waals surface area contributed by atoms with Crippen LogP contribution in [0.4, 0.5) is 4.39 Å². The molecule has 1 atom stereocenters. The van der Waals surface area contributed by atoms with Crippen LogP contribution in [-0.2, 0) is 0 Å². The molecule has 0 saturated heterocycles. The maximum Gasteiger partial charge on any atom is 0.164 e. The Balaban J connectivity index is 2.61. The second kappa shape index (κ2) is 8.93. The monoisotopic (exact) mass is 293 g/mol. The fraction of sp³-hybridized carbons (Fsp3) is 0.611. The van der Waals surface area contributed by atoms with E-state index < -0.39 is 0 Å². The molecule has 0 radical (unpaired) electrons. The van der Waals surface area contributed by atoms with Crippen LogP contribution in [0.15, 0.2) is 18.2 Å². The summed E-state index contributed by atoms with van der Waals surface area (Å²) in [6, 6.07) is 5.24. The van der Waals surface area contributed by atoms with Crippen LogP contribution in [0.3, 0.4) is 0 Å². The SMILES string of the molecule is CCCCN(CCC(=O)c1ccc(C)c(F)c1)C(C)CC. The molecule has 0 saturated carbocycles. The van der Waals surface area contributed by atoms with Crippen LogP contribution >= 0.6 is 0 Å². The first-order valence-electron chi connectivity index (χ1n) is 8.03. The zero-order valence-corrected chi connectivity index (χ0v) is 13.8. The third-order valence-corrected chi connectivity index (χ3v) is 4.13. The predicted molar refractivity (Wildman–Crippen MR) is 86.3 cm³/mol. The molecule has 0 bridgehead atoms. The van der Waals surface area contributed by atoms with Gasteiger partial charge in [0.25, 0.3) is 0 Å². The molecule has 1 aromatic rings. The van der Waals surface area contributed by atoms with Gasteiger partial charge in [0.15, 0.2) is 5.78 Å². The lowest BCUT2D eigenvalue weighted by Gasteiger charge is -2.28. The third kappa shape index (κ3) is 5.58. The minimum absolute atomic E-state index is 0.0266. The first-order chi connectivity index (χ1) is 9.99. The number of hydrogen-bond donors (Lipinski definition) is 0. The van der Waals surface area contributed by atoms with Crippen LogP contribution in [0.1, 0.15) is 62.4 Å². The molecule has 0 aromatic heterocycles. The van der Waals surface area contributed by atoms with Gasteiger partial charge in [-0.1, -0.05) is 32.4 Å². The van der Waals surface area contributed by atoms with Gasteiger partial charge < -0.3 is 4.90 Å². The number of carbonyl (C=O) groups is 1. The summed E-state index contributed by atoms with van der Waals surface area (Å²) in [5, 5.41) is 0. The number of unbranched alkanes of at least 4 members (excludes halogenated alkanes) is 1. The van der Waals surface area contributed by atoms with Crippen molar-refractivity contribution in [1.29, 1.82) is 0 Å². The smallest absolute Gasteiger partial charge is 0.164 e. The highest BCUT2D eigenvalue weighted by Gasteiger charge is 2.14. The number of rotatable bonds is 9. The van der Waals surface area contributed by atoms with Crippen molar-refractivity contribution in [2.45, 2.75) is 59.4 Å². The Morgan fingerprint density at radius 1 is 1.29 bits per heavy atom. The normalized spacial score (nSPS) is 12.7. The van der Waals surface area contributed by atoms with Gasteiger partial charge in [-0.05, 0) is 44.9 Å². The Kier molecular flexibility index (Phi) is 7.58. The zero-order valence-electron chi connectivity index (χ0n) is 13.8. The minimum Gasteiger partial charge on any atom is -0.300 e. The number of benzene rings is 1. The van der Waals surface area contributed by atoms with Crippen LogP contribution in [0, 0.1) is 12.7 Å². The highest BCUT2D eigenvalue weighted by atomic mass is 19.1. The van der Waals surface area contributed by atoms with Crippen LogP contribution in [0.5, 0.6) is 0 Å². The quantitative estimate of drug-likeness (QED) is 0.620. The molecule has 1 rings (SSSR count). The zero-order chi connectivity index (χ0) is 15.8. The fourth-order valence-electron chi connectivity index (χ4n) is 2.33. The van der Waals surface area contributed by atoms with E-state index in [-0.39, 0.29) is 11.6 Å². The molecule has 2 nitrogen and oxygen atoms in total. The largest absolute Gasteiger partial charge is 0.300 e. The van der Waals surface area contributed by atoms with Crippen molar-refractivity contribution in [2.75, 3.05) is 13.1 Å². The summed E-state index contributed by atoms with van der Waals surface area (Å²) >= 11 is 0. The molecule has 0 amide bonds. The lowest BCUT2D eigenvalue weighted by Crippen LogP contribution is -2.35. The van der Waals surface area contributed by atoms with Gasteiger partial charge >= 0.3 is 0 Å². The van der Waals surface area contributed by atoms with E-state index in [1.165, 1.54) is 6.07 Å². The second-order valence-corrected chi connectivity index (χ2v) is 5.78. The molecule has 3 heteroatoms. The number of aryl methyl sites for hydroxylation is 1. The summed E-state index contributed by atoms with van der Waals surface area (Å²) in [5.41, 5.74) is 1.06. The number of Topliss-reactive ketones (excluding diaryl/α,β-unsaturated/α-hetero) is 1. The number of hydrogen-bond acceptors (Lipinski definition) is 2. The van der Waals surface area contributed by atoms with E-state index in [2.05, 4.69) is 25.7 Å². The summed E-state index contributed by atoms with van der Waals surface area (Å²) < 4.78 is 13.5. The molecule has 0 N–H and O–H groups in total. The van der Waals surface area contributed by atoms with Crippen molar-refractivity contribution in [2.24, 2.45) is 0 Å². The highest BCUT2D eigenvalue weighted by Crippen LogP contribution is 2.13. The second-order valence-electron chi connectivity index (χ2n) is 5.78. The van der Waals surface area contributed by atoms with Gasteiger partial charge in [0.2, 0.25) is 0 Å². The Morgan fingerprint density at radius 2 is 2.00 bits per heavy atom. The first kappa shape index (κ1) is 17.8. The van der Waals surface area contributed by atoms with E-state index >= 15 is 0 Å². The lowest BCUT2D eigenvalue weighted by atomic mass is 10.0. The van der Waals surface area contributed by atoms with Crippen molar-refractivity contribution in [1.82, 2.24) is 4.90 Å². The molecule has 0 aliphatic carbocycles. The van der Waals surface area contributed by atoms with Crippen LogP contribution in [0.2, 0.25) is 0 Å². The predicted octanol–water partition coefficient (Wildman–Crippen LogP) is 4.61. The molecule has 1 unspecified atom stereocenters. The van der Waals surface area contributed by atoms with Crippen LogP contribution < -0.4 is 0 Å². The number of ketones is 1. The maximum absolute atomic E-state index is 13.5. The Hall–Kier alpha value is -1.22. The van der Waals surface area contributed by atoms with Gasteiger partial charge in [-0.3, -0.25) is 4.79 Å². The van der Waals surface area contributed by atoms with E-state index in [0.29, 0.717) is 23.6 Å². The van der Waals surface area contributed by atoms with Crippen molar-refractivity contribution in [3.63, 3.8) is 0 Å². The summed E-state index contributed by atoms with van der Waals surface area (Å²) in [6.45, 7) is 10.0. The van der Waals surface area contributed by atoms with Gasteiger partial charge in [-0.15, -0.1) is 0 Å². The average molecular weight is 293 g/mol. The molecule has 0 aliphatic rings. The summed E-state index contributed by atoms with van der Waals surface area (Å²) in [6.07, 6.45) is 3.84. The Morgan fingerprint density at radius 3 is 2.57 bits per heavy atom. The fourth-order valence-corrected chi connectivity index (χ4v) is 2.33. The van der Waals surface area contributed by atoms with E-state index in [4.69, 9.17) is 0 Å². The van der Waals surface area contributed by atoms with E-state index in [1.807, 2.05) is 0 Å². The number of nitrogens with zero attached hydrogens (tertiary/aromatic N) is 1. The van der Waals surface area contributed by atoms with Crippen molar-refractivity contribution < 1.29 is 9.18 Å². The Bertz CT molecular complexity index is 459. The molecule has 21 heavy (non-hydrogen) atoms. The van der Waals surface area contributed by atoms with Gasteiger partial charge in [-0.2, -0.15) is 0 Å². The lowest BCUT2D eigenvalue weighted by molar-refractivity contribution is 0.0950. The topological polar surface area (TPSA) is 20.3 Å². The van der Waals surface area contributed by atoms with E-state index in [1.54, 1.807) is 19.1 Å². The highest BCUT2D eigenvalue weighted by molar-refractivity contribution is 5.96. The summed E-state index contributed by atoms with van der Waals surface area (Å²) in [5.74, 6) is -0.274. The van der Waals surface area contributed by atoms with Crippen molar-refractivity contribution in [3.8, 4) is 0 Å². The summed E-state index contributed by atoms with van der Waals surface area (Å²) in [4.78, 5) is 14.6. The van der Waals surface area contributed by atoms with Crippen molar-refractivity contribution in [3.05, 3.63) is 35.1 Å². The van der Waals surface area contributed by atoms with Gasteiger partial charge in [0.1, 0.15) is 5.82 Å². The molecule has 1 aromatic carbocycles. The first-order valence-corrected chi connectivity index (χ1v) is 8.03. The van der Waals surface area contributed by atoms with Gasteiger partial charge in [0, 0.05) is 24.6 Å². The standard InChI is InChI=1S/C18H28FNO/c1-5-7-11-20(15(4)6-2)12-10-18(21)16-9-8-14(3)17(19)13-16/h8-9,13,15H,5-7,10-12H2,1-4H3. The van der Waals surface area contributed by atoms with Gasteiger partial charge in [-0.25, -0.2) is 4.39 Å². The third-order valence-electron chi connectivity index (χ3n) is 4.13. The average Bonchev–Trinajstić information content (AvgIpc) is 2.49. The van der Waals surface area contributed by atoms with E-state index in [0.717, 1.165) is 32.4 Å². The number of halogens is 1. The van der Waals surface area contributed by atoms with Crippen molar-refractivity contribution >= 4 is 5.78 Å². The molecule has 0 aliphatic heterocycles. The summed E-state index contributed by atoms with van der Waals surface area (Å²) in [7, 11) is 0. The van der Waals surface area contributed by atoms with Crippen LogP contribution in [-0.4, -0.2) is 29.8 Å². The van der Waals surface area contributed by atoms with Crippen LogP contribution in [0.25, 0.3) is 0 Å². The number of carbonyl (C=O) groups excluding carboxylic acids is 1. The molecular formula is C18H28FNO. The molecule has 118 valence electrons. The molecule has 0 spiro atoms. The Labute approximate surface area is 128 Å². The van der Waals surface area contributed by atoms with Gasteiger partial charge in [0.05, 0.1) is 0 Å². The molecular weight excluding hydrogens is 265 g/mol. The van der Waals surface area contributed by atoms with E-state index in [9.17, 15) is 9.18 Å². The maximum atomic E-state index is 13.5.